The van der Waals surface area contributed by atoms with Crippen LogP contribution in [0.4, 0.5) is 5.69 Å². The Morgan fingerprint density at radius 2 is 1.64 bits per heavy atom. The molecule has 132 valence electrons. The van der Waals surface area contributed by atoms with E-state index in [1.165, 1.54) is 0 Å². The predicted octanol–water partition coefficient (Wildman–Crippen LogP) is 4.35. The monoisotopic (exact) mass is 358 g/mol. The van der Waals surface area contributed by atoms with Crippen molar-refractivity contribution in [2.24, 2.45) is 5.92 Å². The van der Waals surface area contributed by atoms with Gasteiger partial charge >= 0.3 is 0 Å². The van der Waals surface area contributed by atoms with Crippen LogP contribution in [0.1, 0.15) is 35.3 Å². The van der Waals surface area contributed by atoms with Crippen LogP contribution < -0.4 is 10.6 Å². The topological polar surface area (TPSA) is 58.2 Å². The average molecular weight is 359 g/mol. The fraction of sp³-hybridized carbons (Fsp3) is 0.300. The molecule has 0 unspecified atom stereocenters. The van der Waals surface area contributed by atoms with Gasteiger partial charge in [0.05, 0.1) is 0 Å². The van der Waals surface area contributed by atoms with Crippen molar-refractivity contribution in [3.05, 3.63) is 64.2 Å². The fourth-order valence-corrected chi connectivity index (χ4v) is 2.65. The molecule has 0 radical (unpaired) electrons. The van der Waals surface area contributed by atoms with E-state index >= 15 is 0 Å². The molecule has 0 aromatic heterocycles. The molecule has 0 aliphatic carbocycles. The average Bonchev–Trinajstić information content (AvgIpc) is 2.55. The van der Waals surface area contributed by atoms with Crippen LogP contribution in [0.5, 0.6) is 0 Å². The first kappa shape index (κ1) is 19.0. The smallest absolute Gasteiger partial charge is 0.251 e. The van der Waals surface area contributed by atoms with Gasteiger partial charge in [-0.05, 0) is 55.7 Å². The maximum atomic E-state index is 12.7. The van der Waals surface area contributed by atoms with Gasteiger partial charge in [-0.1, -0.05) is 43.1 Å². The van der Waals surface area contributed by atoms with Crippen LogP contribution in [0, 0.1) is 19.8 Å². The number of benzene rings is 2. The summed E-state index contributed by atoms with van der Waals surface area (Å²) in [5.41, 5.74) is 3.34. The molecule has 0 spiro atoms. The number of nitrogens with one attached hydrogen (secondary N) is 2. The first-order valence-electron chi connectivity index (χ1n) is 8.22. The zero-order valence-corrected chi connectivity index (χ0v) is 15.6. The molecule has 2 rings (SSSR count). The summed E-state index contributed by atoms with van der Waals surface area (Å²) in [7, 11) is 0. The van der Waals surface area contributed by atoms with Gasteiger partial charge in [-0.2, -0.15) is 0 Å². The van der Waals surface area contributed by atoms with Gasteiger partial charge < -0.3 is 10.6 Å². The summed E-state index contributed by atoms with van der Waals surface area (Å²) in [5.74, 6) is -0.586. The van der Waals surface area contributed by atoms with Gasteiger partial charge in [0.1, 0.15) is 6.04 Å². The van der Waals surface area contributed by atoms with E-state index in [2.05, 4.69) is 10.6 Å². The third-order valence-corrected chi connectivity index (χ3v) is 4.23. The van der Waals surface area contributed by atoms with Crippen LogP contribution in [0.3, 0.4) is 0 Å². The van der Waals surface area contributed by atoms with Gasteiger partial charge in [-0.15, -0.1) is 0 Å². The number of halogens is 1. The summed E-state index contributed by atoms with van der Waals surface area (Å²) in [5, 5.41) is 6.28. The summed E-state index contributed by atoms with van der Waals surface area (Å²) >= 11 is 5.84. The maximum absolute atomic E-state index is 12.7. The van der Waals surface area contributed by atoms with E-state index in [-0.39, 0.29) is 17.7 Å². The molecular weight excluding hydrogens is 336 g/mol. The maximum Gasteiger partial charge on any atom is 0.251 e. The first-order valence-corrected chi connectivity index (χ1v) is 8.60. The Morgan fingerprint density at radius 1 is 1.00 bits per heavy atom. The Balaban J connectivity index is 2.12. The molecule has 1 atom stereocenters. The molecule has 0 aliphatic rings. The van der Waals surface area contributed by atoms with Gasteiger partial charge in [0, 0.05) is 16.3 Å². The predicted molar refractivity (Wildman–Crippen MR) is 102 cm³/mol. The second-order valence-electron chi connectivity index (χ2n) is 6.51. The molecule has 0 heterocycles. The lowest BCUT2D eigenvalue weighted by Crippen LogP contribution is -2.47. The molecule has 2 N–H and O–H groups in total. The number of hydrogen-bond donors (Lipinski definition) is 2. The molecule has 2 aromatic carbocycles. The van der Waals surface area contributed by atoms with E-state index in [1.54, 1.807) is 24.3 Å². The summed E-state index contributed by atoms with van der Waals surface area (Å²) in [6.45, 7) is 7.74. The highest BCUT2D eigenvalue weighted by atomic mass is 35.5. The molecule has 2 amide bonds. The van der Waals surface area contributed by atoms with Crippen molar-refractivity contribution in [2.45, 2.75) is 33.7 Å². The minimum atomic E-state index is -0.635. The van der Waals surface area contributed by atoms with Crippen LogP contribution in [0.2, 0.25) is 5.02 Å². The zero-order chi connectivity index (χ0) is 18.6. The van der Waals surface area contributed by atoms with Crippen LogP contribution in [0.25, 0.3) is 0 Å². The summed E-state index contributed by atoms with van der Waals surface area (Å²) in [4.78, 5) is 25.1. The van der Waals surface area contributed by atoms with Crippen molar-refractivity contribution in [3.63, 3.8) is 0 Å². The molecule has 0 fully saturated rings. The van der Waals surface area contributed by atoms with Crippen molar-refractivity contribution >= 4 is 29.1 Å². The lowest BCUT2D eigenvalue weighted by atomic mass is 10.0. The fourth-order valence-electron chi connectivity index (χ4n) is 2.53. The largest absolute Gasteiger partial charge is 0.340 e. The van der Waals surface area contributed by atoms with Crippen molar-refractivity contribution in [1.29, 1.82) is 0 Å². The molecular formula is C20H23ClN2O2. The van der Waals surface area contributed by atoms with E-state index in [9.17, 15) is 9.59 Å². The van der Waals surface area contributed by atoms with Gasteiger partial charge in [0.25, 0.3) is 5.91 Å². The van der Waals surface area contributed by atoms with E-state index in [1.807, 2.05) is 45.9 Å². The Labute approximate surface area is 153 Å². The summed E-state index contributed by atoms with van der Waals surface area (Å²) in [6.07, 6.45) is 0. The van der Waals surface area contributed by atoms with Crippen molar-refractivity contribution in [2.75, 3.05) is 5.32 Å². The number of amides is 2. The Kier molecular flexibility index (Phi) is 6.21. The highest BCUT2D eigenvalue weighted by molar-refractivity contribution is 6.30. The lowest BCUT2D eigenvalue weighted by molar-refractivity contribution is -0.118. The number of hydrogen-bond acceptors (Lipinski definition) is 2. The second kappa shape index (κ2) is 8.17. The van der Waals surface area contributed by atoms with E-state index in [4.69, 9.17) is 11.6 Å². The SMILES string of the molecule is Cc1ccc(NC(=O)[C@H](NC(=O)c2ccc(Cl)cc2)C(C)C)c(C)c1. The number of aryl methyl sites for hydroxylation is 2. The lowest BCUT2D eigenvalue weighted by Gasteiger charge is -2.22. The number of carbonyl (C=O) groups is 2. The third kappa shape index (κ3) is 5.07. The summed E-state index contributed by atoms with van der Waals surface area (Å²) in [6, 6.07) is 11.8. The van der Waals surface area contributed by atoms with Gasteiger partial charge in [0.15, 0.2) is 0 Å². The van der Waals surface area contributed by atoms with Crippen LogP contribution >= 0.6 is 11.6 Å². The molecule has 0 bridgehead atoms. The third-order valence-electron chi connectivity index (χ3n) is 3.98. The Bertz CT molecular complexity index is 770. The molecule has 4 nitrogen and oxygen atoms in total. The van der Waals surface area contributed by atoms with Crippen molar-refractivity contribution < 1.29 is 9.59 Å². The Hall–Kier alpha value is -2.33. The van der Waals surface area contributed by atoms with Crippen LogP contribution in [-0.2, 0) is 4.79 Å². The normalized spacial score (nSPS) is 11.9. The standard InChI is InChI=1S/C20H23ClN2O2/c1-12(2)18(23-19(24)15-6-8-16(21)9-7-15)20(25)22-17-10-5-13(3)11-14(17)4/h5-12,18H,1-4H3,(H,22,25)(H,23,24)/t18-/m1/s1. The minimum absolute atomic E-state index is 0.0537. The number of anilines is 1. The second-order valence-corrected chi connectivity index (χ2v) is 6.95. The van der Waals surface area contributed by atoms with E-state index in [0.29, 0.717) is 10.6 Å². The quantitative estimate of drug-likeness (QED) is 0.834. The first-order chi connectivity index (χ1) is 11.8. The van der Waals surface area contributed by atoms with Crippen molar-refractivity contribution in [1.82, 2.24) is 5.32 Å². The summed E-state index contributed by atoms with van der Waals surface area (Å²) < 4.78 is 0. The molecule has 25 heavy (non-hydrogen) atoms. The Morgan fingerprint density at radius 3 is 2.20 bits per heavy atom. The van der Waals surface area contributed by atoms with Crippen LogP contribution in [-0.4, -0.2) is 17.9 Å². The molecule has 0 saturated carbocycles. The van der Waals surface area contributed by atoms with E-state index < -0.39 is 6.04 Å². The minimum Gasteiger partial charge on any atom is -0.340 e. The highest BCUT2D eigenvalue weighted by Gasteiger charge is 2.25. The van der Waals surface area contributed by atoms with Gasteiger partial charge in [-0.25, -0.2) is 0 Å². The van der Waals surface area contributed by atoms with Gasteiger partial charge in [-0.3, -0.25) is 9.59 Å². The molecule has 0 saturated heterocycles. The zero-order valence-electron chi connectivity index (χ0n) is 14.9. The molecule has 0 aliphatic heterocycles. The highest BCUT2D eigenvalue weighted by Crippen LogP contribution is 2.17. The van der Waals surface area contributed by atoms with Crippen molar-refractivity contribution in [3.8, 4) is 0 Å². The molecule has 2 aromatic rings. The number of rotatable bonds is 5. The molecule has 5 heteroatoms. The van der Waals surface area contributed by atoms with Gasteiger partial charge in [0.2, 0.25) is 5.91 Å². The van der Waals surface area contributed by atoms with Crippen LogP contribution in [0.15, 0.2) is 42.5 Å². The number of carbonyl (C=O) groups excluding carboxylic acids is 2. The van der Waals surface area contributed by atoms with E-state index in [0.717, 1.165) is 16.8 Å².